The third-order valence-electron chi connectivity index (χ3n) is 5.15. The molecule has 0 aromatic rings. The van der Waals surface area contributed by atoms with Gasteiger partial charge in [-0.1, -0.05) is 43.5 Å². The van der Waals surface area contributed by atoms with Gasteiger partial charge in [-0.15, -0.1) is 0 Å². The largest absolute Gasteiger partial charge is 2.00 e. The molecule has 0 bridgehead atoms. The summed E-state index contributed by atoms with van der Waals surface area (Å²) in [5.41, 5.74) is 7.13. The van der Waals surface area contributed by atoms with Gasteiger partial charge in [0.1, 0.15) is 0 Å². The molecule has 124 valence electrons. The fourth-order valence-corrected chi connectivity index (χ4v) is 10.3. The Kier molecular flexibility index (Phi) is 8.41. The first-order valence-electron chi connectivity index (χ1n) is 8.58. The molecule has 0 aromatic heterocycles. The molecule has 2 aliphatic heterocycles. The van der Waals surface area contributed by atoms with Gasteiger partial charge in [0, 0.05) is 11.3 Å². The van der Waals surface area contributed by atoms with Crippen molar-refractivity contribution < 1.29 is 17.1 Å². The van der Waals surface area contributed by atoms with Gasteiger partial charge in [-0.05, 0) is 86.8 Å². The minimum Gasteiger partial charge on any atom is -0.0929 e. The number of hydrogen-bond acceptors (Lipinski definition) is 0. The second-order valence-electron chi connectivity index (χ2n) is 6.97. The quantitative estimate of drug-likeness (QED) is 0.402. The molecule has 4 unspecified atom stereocenters. The van der Waals surface area contributed by atoms with E-state index in [2.05, 4.69) is 79.1 Å². The van der Waals surface area contributed by atoms with Crippen LogP contribution in [0.4, 0.5) is 0 Å². The van der Waals surface area contributed by atoms with Gasteiger partial charge < -0.3 is 0 Å². The van der Waals surface area contributed by atoms with Crippen LogP contribution >= 0.6 is 15.8 Å². The fraction of sp³-hybridized carbons (Fsp3) is 0.500. The fourth-order valence-electron chi connectivity index (χ4n) is 4.12. The van der Waals surface area contributed by atoms with Gasteiger partial charge in [0.15, 0.2) is 0 Å². The molecule has 0 N–H and O–H groups in total. The summed E-state index contributed by atoms with van der Waals surface area (Å²) >= 11 is 0. The molecule has 10 radical (unpaired) electrons. The van der Waals surface area contributed by atoms with Crippen molar-refractivity contribution >= 4 is 15.8 Å². The number of hydrogen-bond donors (Lipinski definition) is 0. The molecular formula is C20H28FeP2+2. The second-order valence-corrected chi connectivity index (χ2v) is 13.2. The van der Waals surface area contributed by atoms with Gasteiger partial charge >= 0.3 is 17.1 Å². The summed E-state index contributed by atoms with van der Waals surface area (Å²) in [4.78, 5) is 0. The zero-order chi connectivity index (χ0) is 15.7. The predicted molar refractivity (Wildman–Crippen MR) is 102 cm³/mol. The molecule has 2 heterocycles. The molecule has 2 aliphatic carbocycles. The van der Waals surface area contributed by atoms with Gasteiger partial charge in [-0.3, -0.25) is 0 Å². The Hall–Kier alpha value is 1.38. The zero-order valence-electron chi connectivity index (χ0n) is 14.6. The van der Waals surface area contributed by atoms with Crippen LogP contribution in [0.1, 0.15) is 40.5 Å². The smallest absolute Gasteiger partial charge is 0.0929 e. The van der Waals surface area contributed by atoms with Gasteiger partial charge in [-0.2, -0.15) is 0 Å². The molecule has 4 rings (SSSR count). The van der Waals surface area contributed by atoms with E-state index in [1.54, 1.807) is 11.3 Å². The minimum atomic E-state index is 0. The monoisotopic (exact) mass is 386 g/mol. The molecule has 0 spiro atoms. The van der Waals surface area contributed by atoms with E-state index in [0.29, 0.717) is 0 Å². The Morgan fingerprint density at radius 1 is 0.609 bits per heavy atom. The van der Waals surface area contributed by atoms with Crippen LogP contribution in [0.2, 0.25) is 0 Å². The van der Waals surface area contributed by atoms with E-state index in [1.165, 1.54) is 12.8 Å². The van der Waals surface area contributed by atoms with E-state index in [-0.39, 0.29) is 32.9 Å². The maximum Gasteiger partial charge on any atom is 2.00 e. The first kappa shape index (κ1) is 20.7. The van der Waals surface area contributed by atoms with Crippen LogP contribution in [-0.4, -0.2) is 22.6 Å². The topological polar surface area (TPSA) is 0 Å². The Morgan fingerprint density at radius 2 is 0.870 bits per heavy atom. The van der Waals surface area contributed by atoms with Crippen molar-refractivity contribution in [2.45, 2.75) is 63.2 Å². The zero-order valence-corrected chi connectivity index (χ0v) is 17.5. The molecule has 23 heavy (non-hydrogen) atoms. The summed E-state index contributed by atoms with van der Waals surface area (Å²) in [5, 5.41) is 0. The molecule has 0 nitrogen and oxygen atoms in total. The normalized spacial score (nSPS) is 43.8. The van der Waals surface area contributed by atoms with Crippen LogP contribution in [0.25, 0.3) is 0 Å². The van der Waals surface area contributed by atoms with Crippen molar-refractivity contribution in [1.29, 1.82) is 0 Å². The predicted octanol–water partition coefficient (Wildman–Crippen LogP) is 6.02. The van der Waals surface area contributed by atoms with Crippen LogP contribution in [0.5, 0.6) is 0 Å². The van der Waals surface area contributed by atoms with Crippen LogP contribution in [0.3, 0.4) is 0 Å². The van der Waals surface area contributed by atoms with Gasteiger partial charge in [0.25, 0.3) is 0 Å². The molecule has 0 amide bonds. The molecule has 0 aromatic carbocycles. The Labute approximate surface area is 158 Å². The standard InChI is InChI=1S/2C10H14P.Fe/c2*1-8-7-9(2)11(8)10-5-3-4-6-10;/h2*3-6,8-9H,7H2,1-2H3;/q;;+2/t2*8-,9?,11?;/m11./s1. The van der Waals surface area contributed by atoms with Gasteiger partial charge in [0.05, 0.1) is 0 Å². The van der Waals surface area contributed by atoms with E-state index in [1.807, 2.05) is 0 Å². The minimum absolute atomic E-state index is 0. The molecule has 3 heteroatoms. The van der Waals surface area contributed by atoms with E-state index < -0.39 is 0 Å². The van der Waals surface area contributed by atoms with Gasteiger partial charge in [0.2, 0.25) is 0 Å². The third kappa shape index (κ3) is 4.76. The summed E-state index contributed by atoms with van der Waals surface area (Å²) < 4.78 is 0. The first-order chi connectivity index (χ1) is 10.6. The van der Waals surface area contributed by atoms with E-state index >= 15 is 0 Å². The van der Waals surface area contributed by atoms with Gasteiger partial charge in [-0.25, -0.2) is 0 Å². The molecule has 6 atom stereocenters. The summed E-state index contributed by atoms with van der Waals surface area (Å²) in [6.45, 7) is 9.55. The average Bonchev–Trinajstić information content (AvgIpc) is 3.13. The van der Waals surface area contributed by atoms with Crippen molar-refractivity contribution in [3.8, 4) is 0 Å². The van der Waals surface area contributed by atoms with E-state index in [9.17, 15) is 0 Å². The molecular weight excluding hydrogens is 358 g/mol. The summed E-state index contributed by atoms with van der Waals surface area (Å²) in [6.07, 6.45) is 20.7. The van der Waals surface area contributed by atoms with Crippen molar-refractivity contribution in [2.75, 3.05) is 0 Å². The Morgan fingerprint density at radius 3 is 1.09 bits per heavy atom. The van der Waals surface area contributed by atoms with Crippen LogP contribution in [0.15, 0.2) is 0 Å². The second kappa shape index (κ2) is 9.35. The summed E-state index contributed by atoms with van der Waals surface area (Å²) in [5.74, 6) is 0. The maximum atomic E-state index is 2.39. The average molecular weight is 386 g/mol. The van der Waals surface area contributed by atoms with Crippen molar-refractivity contribution in [3.63, 3.8) is 0 Å². The summed E-state index contributed by atoms with van der Waals surface area (Å²) in [7, 11) is 0.443. The molecule has 4 fully saturated rings. The van der Waals surface area contributed by atoms with Crippen molar-refractivity contribution in [1.82, 2.24) is 0 Å². The Bertz CT molecular complexity index is 300. The SMILES string of the molecule is CC1C[C@@H](C)P1[C]1[CH][CH][CH][CH]1.CC1C[C@@H](C)P1[C]1[CH][CH][CH][CH]1.[Fe+2]. The van der Waals surface area contributed by atoms with Crippen LogP contribution < -0.4 is 0 Å². The molecule has 2 saturated carbocycles. The maximum absolute atomic E-state index is 2.39. The summed E-state index contributed by atoms with van der Waals surface area (Å²) in [6, 6.07) is 0. The molecule has 2 saturated heterocycles. The van der Waals surface area contributed by atoms with Crippen molar-refractivity contribution in [2.24, 2.45) is 0 Å². The Balaban J connectivity index is 0.000000160. The van der Waals surface area contributed by atoms with E-state index in [0.717, 1.165) is 22.6 Å². The molecule has 4 aliphatic rings. The van der Waals surface area contributed by atoms with Crippen LogP contribution in [-0.2, 0) is 17.1 Å². The third-order valence-corrected chi connectivity index (χ3v) is 11.6. The van der Waals surface area contributed by atoms with Crippen LogP contribution in [0, 0.1) is 62.7 Å². The van der Waals surface area contributed by atoms with E-state index in [4.69, 9.17) is 0 Å². The van der Waals surface area contributed by atoms with Crippen molar-refractivity contribution in [3.05, 3.63) is 62.7 Å². The first-order valence-corrected chi connectivity index (χ1v) is 11.5. The number of rotatable bonds is 2.